The van der Waals surface area contributed by atoms with Crippen molar-refractivity contribution < 1.29 is 18.3 Å². The minimum Gasteiger partial charge on any atom is -0.494 e. The van der Waals surface area contributed by atoms with E-state index < -0.39 is 17.2 Å². The molecule has 13 heavy (non-hydrogen) atoms. The molecule has 0 spiro atoms. The molecule has 0 amide bonds. The number of methoxy groups -OCH3 is 1. The van der Waals surface area contributed by atoms with E-state index in [-0.39, 0.29) is 16.5 Å². The zero-order valence-corrected chi connectivity index (χ0v) is 8.19. The first-order chi connectivity index (χ1) is 6.11. The van der Waals surface area contributed by atoms with Crippen LogP contribution in [0.5, 0.6) is 5.75 Å². The molecule has 0 saturated heterocycles. The van der Waals surface area contributed by atoms with Crippen LogP contribution in [0, 0.1) is 11.6 Å². The summed E-state index contributed by atoms with van der Waals surface area (Å²) in [5, 5.41) is 0. The Morgan fingerprint density at radius 1 is 1.46 bits per heavy atom. The van der Waals surface area contributed by atoms with Gasteiger partial charge in [0.25, 0.3) is 0 Å². The number of hydrogen-bond donors (Lipinski definition) is 0. The quantitative estimate of drug-likeness (QED) is 0.596. The van der Waals surface area contributed by atoms with Crippen LogP contribution in [0.4, 0.5) is 8.78 Å². The normalized spacial score (nSPS) is 9.85. The van der Waals surface area contributed by atoms with E-state index in [2.05, 4.69) is 20.7 Å². The Balaban J connectivity index is 3.47. The van der Waals surface area contributed by atoms with Gasteiger partial charge in [0.05, 0.1) is 17.1 Å². The predicted octanol–water partition coefficient (Wildman–Crippen LogP) is 2.55. The van der Waals surface area contributed by atoms with E-state index in [0.717, 1.165) is 6.07 Å². The fourth-order valence-corrected chi connectivity index (χ4v) is 1.27. The van der Waals surface area contributed by atoms with Crippen LogP contribution >= 0.6 is 15.9 Å². The highest BCUT2D eigenvalue weighted by Crippen LogP contribution is 2.28. The van der Waals surface area contributed by atoms with Gasteiger partial charge in [-0.3, -0.25) is 4.79 Å². The summed E-state index contributed by atoms with van der Waals surface area (Å²) in [4.78, 5) is 10.3. The third-order valence-corrected chi connectivity index (χ3v) is 2.07. The number of carbonyl (C=O) groups is 1. The van der Waals surface area contributed by atoms with Gasteiger partial charge < -0.3 is 4.74 Å². The lowest BCUT2D eigenvalue weighted by molar-refractivity contribution is 0.111. The van der Waals surface area contributed by atoms with Crippen molar-refractivity contribution in [2.45, 2.75) is 0 Å². The average molecular weight is 251 g/mol. The second kappa shape index (κ2) is 3.83. The number of rotatable bonds is 2. The maximum atomic E-state index is 13.1. The van der Waals surface area contributed by atoms with Crippen molar-refractivity contribution >= 4 is 22.2 Å². The van der Waals surface area contributed by atoms with Crippen LogP contribution in [-0.2, 0) is 0 Å². The summed E-state index contributed by atoms with van der Waals surface area (Å²) in [6, 6.07) is 1.12. The monoisotopic (exact) mass is 250 g/mol. The van der Waals surface area contributed by atoms with Crippen molar-refractivity contribution in [1.82, 2.24) is 0 Å². The molecule has 0 heterocycles. The molecular formula is C8H5BrF2O2. The van der Waals surface area contributed by atoms with Crippen LogP contribution in [0.25, 0.3) is 0 Å². The summed E-state index contributed by atoms with van der Waals surface area (Å²) in [6.07, 6.45) is 0.109. The van der Waals surface area contributed by atoms with E-state index in [9.17, 15) is 13.6 Å². The number of hydrogen-bond acceptors (Lipinski definition) is 2. The lowest BCUT2D eigenvalue weighted by Crippen LogP contribution is -1.98. The van der Waals surface area contributed by atoms with Crippen LogP contribution in [0.3, 0.4) is 0 Å². The van der Waals surface area contributed by atoms with Crippen LogP contribution in [0.2, 0.25) is 0 Å². The Labute approximate surface area is 81.6 Å². The van der Waals surface area contributed by atoms with Crippen LogP contribution in [-0.4, -0.2) is 13.4 Å². The standard InChI is InChI=1S/C8H5BrF2O2/c1-13-6-2-5(9)7(10)4(3-12)8(6)11/h2-3H,1H3. The van der Waals surface area contributed by atoms with Crippen molar-refractivity contribution in [3.8, 4) is 5.75 Å². The van der Waals surface area contributed by atoms with Gasteiger partial charge in [-0.25, -0.2) is 8.78 Å². The second-order valence-corrected chi connectivity index (χ2v) is 3.07. The number of ether oxygens (including phenoxy) is 1. The average Bonchev–Trinajstić information content (AvgIpc) is 2.12. The first-order valence-electron chi connectivity index (χ1n) is 3.28. The zero-order chi connectivity index (χ0) is 10.0. The maximum Gasteiger partial charge on any atom is 0.178 e. The molecule has 0 aromatic heterocycles. The summed E-state index contributed by atoms with van der Waals surface area (Å²) >= 11 is 2.83. The number of benzene rings is 1. The van der Waals surface area contributed by atoms with E-state index >= 15 is 0 Å². The predicted molar refractivity (Wildman–Crippen MR) is 46.0 cm³/mol. The Morgan fingerprint density at radius 2 is 2.08 bits per heavy atom. The molecule has 0 aliphatic heterocycles. The second-order valence-electron chi connectivity index (χ2n) is 2.22. The molecule has 1 rings (SSSR count). The SMILES string of the molecule is COc1cc(Br)c(F)c(C=O)c1F. The highest BCUT2D eigenvalue weighted by molar-refractivity contribution is 9.10. The van der Waals surface area contributed by atoms with Gasteiger partial charge in [0.1, 0.15) is 0 Å². The molecule has 0 radical (unpaired) electrons. The van der Waals surface area contributed by atoms with Gasteiger partial charge in [-0.2, -0.15) is 0 Å². The lowest BCUT2D eigenvalue weighted by Gasteiger charge is -2.05. The molecule has 0 aliphatic rings. The maximum absolute atomic E-state index is 13.1. The minimum absolute atomic E-state index is 0.00662. The molecule has 0 N–H and O–H groups in total. The van der Waals surface area contributed by atoms with Gasteiger partial charge in [-0.05, 0) is 15.9 Å². The van der Waals surface area contributed by atoms with E-state index in [4.69, 9.17) is 0 Å². The smallest absolute Gasteiger partial charge is 0.178 e. The minimum atomic E-state index is -0.988. The van der Waals surface area contributed by atoms with Crippen LogP contribution in [0.1, 0.15) is 10.4 Å². The molecule has 5 heteroatoms. The van der Waals surface area contributed by atoms with E-state index in [0.29, 0.717) is 0 Å². The third-order valence-electron chi connectivity index (χ3n) is 1.49. The molecule has 0 atom stereocenters. The molecule has 70 valence electrons. The molecule has 0 bridgehead atoms. The van der Waals surface area contributed by atoms with Gasteiger partial charge in [-0.1, -0.05) is 0 Å². The van der Waals surface area contributed by atoms with Gasteiger partial charge in [0, 0.05) is 6.07 Å². The van der Waals surface area contributed by atoms with Crippen molar-refractivity contribution in [3.63, 3.8) is 0 Å². The fraction of sp³-hybridized carbons (Fsp3) is 0.125. The molecule has 1 aromatic carbocycles. The summed E-state index contributed by atoms with van der Waals surface area (Å²) in [5.74, 6) is -2.08. The highest BCUT2D eigenvalue weighted by Gasteiger charge is 2.16. The number of halogens is 3. The van der Waals surface area contributed by atoms with E-state index in [1.54, 1.807) is 0 Å². The molecule has 0 unspecified atom stereocenters. The van der Waals surface area contributed by atoms with Crippen LogP contribution < -0.4 is 4.74 Å². The molecule has 0 aliphatic carbocycles. The van der Waals surface area contributed by atoms with Crippen LogP contribution in [0.15, 0.2) is 10.5 Å². The fourth-order valence-electron chi connectivity index (χ4n) is 0.852. The van der Waals surface area contributed by atoms with E-state index in [1.165, 1.54) is 7.11 Å². The van der Waals surface area contributed by atoms with Gasteiger partial charge in [0.2, 0.25) is 0 Å². The molecular weight excluding hydrogens is 246 g/mol. The van der Waals surface area contributed by atoms with Gasteiger partial charge in [0.15, 0.2) is 23.7 Å². The van der Waals surface area contributed by atoms with Crippen molar-refractivity contribution in [1.29, 1.82) is 0 Å². The highest BCUT2D eigenvalue weighted by atomic mass is 79.9. The number of aldehydes is 1. The first kappa shape index (κ1) is 10.1. The third kappa shape index (κ3) is 1.70. The van der Waals surface area contributed by atoms with Gasteiger partial charge >= 0.3 is 0 Å². The molecule has 0 saturated carbocycles. The zero-order valence-electron chi connectivity index (χ0n) is 6.61. The van der Waals surface area contributed by atoms with Crippen molar-refractivity contribution in [2.75, 3.05) is 7.11 Å². The Hall–Kier alpha value is -0.970. The molecule has 1 aromatic rings. The van der Waals surface area contributed by atoms with Crippen molar-refractivity contribution in [2.24, 2.45) is 0 Å². The first-order valence-corrected chi connectivity index (χ1v) is 4.07. The summed E-state index contributed by atoms with van der Waals surface area (Å²) < 4.78 is 30.7. The number of carbonyl (C=O) groups excluding carboxylic acids is 1. The van der Waals surface area contributed by atoms with Gasteiger partial charge in [-0.15, -0.1) is 0 Å². The topological polar surface area (TPSA) is 26.3 Å². The van der Waals surface area contributed by atoms with E-state index in [1.807, 2.05) is 0 Å². The summed E-state index contributed by atoms with van der Waals surface area (Å²) in [6.45, 7) is 0. The Bertz CT molecular complexity index is 352. The summed E-state index contributed by atoms with van der Waals surface area (Å²) in [5.41, 5.74) is -0.633. The van der Waals surface area contributed by atoms with Crippen molar-refractivity contribution in [3.05, 3.63) is 27.7 Å². The lowest BCUT2D eigenvalue weighted by atomic mass is 10.2. The Morgan fingerprint density at radius 3 is 2.54 bits per heavy atom. The summed E-state index contributed by atoms with van der Waals surface area (Å²) in [7, 11) is 1.23. The Kier molecular flexibility index (Phi) is 2.98. The molecule has 0 fully saturated rings. The largest absolute Gasteiger partial charge is 0.494 e. The molecule has 2 nitrogen and oxygen atoms in total.